The zero-order chi connectivity index (χ0) is 20.4. The molecule has 0 unspecified atom stereocenters. The van der Waals surface area contributed by atoms with Gasteiger partial charge in [0.2, 0.25) is 11.8 Å². The minimum Gasteiger partial charge on any atom is -0.494 e. The van der Waals surface area contributed by atoms with Crippen LogP contribution in [0.15, 0.2) is 41.3 Å². The Morgan fingerprint density at radius 3 is 2.57 bits per heavy atom. The van der Waals surface area contributed by atoms with Crippen LogP contribution in [0.3, 0.4) is 0 Å². The molecule has 0 aliphatic heterocycles. The second-order valence-corrected chi connectivity index (χ2v) is 6.36. The van der Waals surface area contributed by atoms with E-state index in [9.17, 15) is 18.0 Å². The second-order valence-electron chi connectivity index (χ2n) is 6.36. The average Bonchev–Trinajstić information content (AvgIpc) is 2.62. The molecule has 1 N–H and O–H groups in total. The lowest BCUT2D eigenvalue weighted by atomic mass is 10.1. The van der Waals surface area contributed by atoms with E-state index in [4.69, 9.17) is 4.74 Å². The highest BCUT2D eigenvalue weighted by molar-refractivity contribution is 5.60. The molecule has 0 atom stereocenters. The fourth-order valence-electron chi connectivity index (χ4n) is 2.86. The zero-order valence-electron chi connectivity index (χ0n) is 15.5. The van der Waals surface area contributed by atoms with Gasteiger partial charge < -0.3 is 14.6 Å². The quantitative estimate of drug-likeness (QED) is 0.715. The van der Waals surface area contributed by atoms with Gasteiger partial charge >= 0.3 is 5.56 Å². The number of halogens is 3. The number of hydrogen-bond acceptors (Lipinski definition) is 4. The van der Waals surface area contributed by atoms with Crippen LogP contribution in [0.1, 0.15) is 16.7 Å². The summed E-state index contributed by atoms with van der Waals surface area (Å²) >= 11 is 0. The number of hydrogen-bond donors (Lipinski definition) is 1. The normalized spacial score (nSPS) is 10.8. The van der Waals surface area contributed by atoms with Gasteiger partial charge in [0.15, 0.2) is 11.6 Å². The van der Waals surface area contributed by atoms with Gasteiger partial charge in [-0.05, 0) is 49.2 Å². The van der Waals surface area contributed by atoms with Crippen molar-refractivity contribution in [1.29, 1.82) is 0 Å². The SMILES string of the molecule is COc1ccc(Nc2nc(=O)c(F)cn2Cc2cc(C)cc(F)c2)c(C)c1F. The van der Waals surface area contributed by atoms with E-state index in [-0.39, 0.29) is 23.8 Å². The van der Waals surface area contributed by atoms with Crippen LogP contribution in [0.5, 0.6) is 5.75 Å². The van der Waals surface area contributed by atoms with Crippen LogP contribution in [-0.4, -0.2) is 16.7 Å². The van der Waals surface area contributed by atoms with Gasteiger partial charge in [-0.2, -0.15) is 9.37 Å². The standard InChI is InChI=1S/C20H18F3N3O2/c1-11-6-13(8-14(21)7-11)9-26-10-15(22)19(27)25-20(26)24-16-4-5-17(28-3)18(23)12(16)2/h4-8,10H,9H2,1-3H3,(H,24,25,27). The summed E-state index contributed by atoms with van der Waals surface area (Å²) < 4.78 is 48.0. The number of rotatable bonds is 5. The number of anilines is 2. The van der Waals surface area contributed by atoms with Gasteiger partial charge in [0.05, 0.1) is 13.7 Å². The maximum Gasteiger partial charge on any atom is 0.310 e. The average molecular weight is 389 g/mol. The van der Waals surface area contributed by atoms with Crippen molar-refractivity contribution >= 4 is 11.6 Å². The molecule has 0 bridgehead atoms. The van der Waals surface area contributed by atoms with Gasteiger partial charge in [-0.3, -0.25) is 4.79 Å². The molecule has 1 aromatic heterocycles. The summed E-state index contributed by atoms with van der Waals surface area (Å²) in [5.74, 6) is -1.96. The molecule has 5 nitrogen and oxygen atoms in total. The molecule has 0 aliphatic carbocycles. The first kappa shape index (κ1) is 19.5. The Hall–Kier alpha value is -3.29. The van der Waals surface area contributed by atoms with Crippen molar-refractivity contribution in [3.05, 3.63) is 81.0 Å². The van der Waals surface area contributed by atoms with Crippen LogP contribution in [0, 0.1) is 31.3 Å². The Labute approximate surface area is 159 Å². The number of benzene rings is 2. The number of aryl methyl sites for hydroxylation is 1. The van der Waals surface area contributed by atoms with Crippen molar-refractivity contribution < 1.29 is 17.9 Å². The Balaban J connectivity index is 2.03. The molecule has 0 radical (unpaired) electrons. The molecule has 0 aliphatic rings. The molecular weight excluding hydrogens is 371 g/mol. The van der Waals surface area contributed by atoms with Crippen LogP contribution in [0.4, 0.5) is 24.8 Å². The fourth-order valence-corrected chi connectivity index (χ4v) is 2.86. The molecule has 2 aromatic carbocycles. The Morgan fingerprint density at radius 1 is 1.14 bits per heavy atom. The third-order valence-electron chi connectivity index (χ3n) is 4.23. The Morgan fingerprint density at radius 2 is 1.89 bits per heavy atom. The molecule has 3 rings (SSSR count). The number of nitrogens with one attached hydrogen (secondary N) is 1. The van der Waals surface area contributed by atoms with E-state index in [1.165, 1.54) is 36.8 Å². The monoisotopic (exact) mass is 389 g/mol. The first-order valence-corrected chi connectivity index (χ1v) is 8.41. The van der Waals surface area contributed by atoms with Crippen molar-refractivity contribution in [2.75, 3.05) is 12.4 Å². The molecule has 146 valence electrons. The van der Waals surface area contributed by atoms with Crippen molar-refractivity contribution in [2.24, 2.45) is 0 Å². The third kappa shape index (κ3) is 4.00. The number of ether oxygens (including phenoxy) is 1. The van der Waals surface area contributed by atoms with Gasteiger partial charge in [-0.1, -0.05) is 6.07 Å². The van der Waals surface area contributed by atoms with Gasteiger partial charge in [0, 0.05) is 17.4 Å². The van der Waals surface area contributed by atoms with Crippen molar-refractivity contribution in [2.45, 2.75) is 20.4 Å². The Bertz CT molecular complexity index is 1080. The van der Waals surface area contributed by atoms with Gasteiger partial charge in [-0.15, -0.1) is 0 Å². The van der Waals surface area contributed by atoms with Gasteiger partial charge in [0.25, 0.3) is 0 Å². The van der Waals surface area contributed by atoms with Crippen LogP contribution in [0.25, 0.3) is 0 Å². The molecule has 3 aromatic rings. The Kier molecular flexibility index (Phi) is 5.39. The predicted octanol–water partition coefficient (Wildman–Crippen LogP) is 4.08. The zero-order valence-corrected chi connectivity index (χ0v) is 15.5. The van der Waals surface area contributed by atoms with E-state index < -0.39 is 23.0 Å². The van der Waals surface area contributed by atoms with E-state index in [1.54, 1.807) is 19.1 Å². The van der Waals surface area contributed by atoms with Gasteiger partial charge in [0.1, 0.15) is 5.82 Å². The summed E-state index contributed by atoms with van der Waals surface area (Å²) in [5, 5.41) is 2.85. The summed E-state index contributed by atoms with van der Waals surface area (Å²) in [7, 11) is 1.35. The van der Waals surface area contributed by atoms with E-state index in [2.05, 4.69) is 10.3 Å². The van der Waals surface area contributed by atoms with Crippen LogP contribution in [-0.2, 0) is 6.54 Å². The molecule has 8 heteroatoms. The highest BCUT2D eigenvalue weighted by Crippen LogP contribution is 2.28. The van der Waals surface area contributed by atoms with Crippen molar-refractivity contribution in [3.8, 4) is 5.75 Å². The van der Waals surface area contributed by atoms with Crippen molar-refractivity contribution in [1.82, 2.24) is 9.55 Å². The highest BCUT2D eigenvalue weighted by Gasteiger charge is 2.14. The topological polar surface area (TPSA) is 56.1 Å². The molecule has 0 spiro atoms. The van der Waals surface area contributed by atoms with Crippen LogP contribution < -0.4 is 15.6 Å². The smallest absolute Gasteiger partial charge is 0.310 e. The highest BCUT2D eigenvalue weighted by atomic mass is 19.1. The first-order valence-electron chi connectivity index (χ1n) is 8.41. The van der Waals surface area contributed by atoms with E-state index in [1.807, 2.05) is 0 Å². The lowest BCUT2D eigenvalue weighted by molar-refractivity contribution is 0.385. The molecule has 0 saturated heterocycles. The molecule has 0 saturated carbocycles. The predicted molar refractivity (Wildman–Crippen MR) is 99.7 cm³/mol. The maximum atomic E-state index is 14.3. The molecule has 0 fully saturated rings. The summed E-state index contributed by atoms with van der Waals surface area (Å²) in [6, 6.07) is 7.40. The lowest BCUT2D eigenvalue weighted by Crippen LogP contribution is -2.20. The minimum absolute atomic E-state index is 0.000908. The van der Waals surface area contributed by atoms with Crippen LogP contribution >= 0.6 is 0 Å². The second kappa shape index (κ2) is 7.75. The summed E-state index contributed by atoms with van der Waals surface area (Å²) in [6.45, 7) is 3.32. The summed E-state index contributed by atoms with van der Waals surface area (Å²) in [6.07, 6.45) is 0.979. The number of aromatic nitrogens is 2. The largest absolute Gasteiger partial charge is 0.494 e. The van der Waals surface area contributed by atoms with E-state index in [0.29, 0.717) is 16.8 Å². The fraction of sp³-hybridized carbons (Fsp3) is 0.200. The first-order chi connectivity index (χ1) is 13.3. The molecule has 1 heterocycles. The van der Waals surface area contributed by atoms with Gasteiger partial charge in [-0.25, -0.2) is 8.78 Å². The maximum absolute atomic E-state index is 14.3. The van der Waals surface area contributed by atoms with E-state index in [0.717, 1.165) is 6.20 Å². The third-order valence-corrected chi connectivity index (χ3v) is 4.23. The summed E-state index contributed by atoms with van der Waals surface area (Å²) in [5.41, 5.74) is 0.781. The lowest BCUT2D eigenvalue weighted by Gasteiger charge is -2.16. The number of methoxy groups -OCH3 is 1. The van der Waals surface area contributed by atoms with Crippen molar-refractivity contribution in [3.63, 3.8) is 0 Å². The molecule has 0 amide bonds. The molecular formula is C20H18F3N3O2. The number of nitrogens with zero attached hydrogens (tertiary/aromatic N) is 2. The van der Waals surface area contributed by atoms with E-state index >= 15 is 0 Å². The minimum atomic E-state index is -1.05. The summed E-state index contributed by atoms with van der Waals surface area (Å²) in [4.78, 5) is 15.4. The molecule has 28 heavy (non-hydrogen) atoms. The van der Waals surface area contributed by atoms with Crippen LogP contribution in [0.2, 0.25) is 0 Å².